The van der Waals surface area contributed by atoms with Crippen LogP contribution in [0.15, 0.2) is 60.7 Å². The number of esters is 1. The number of hydrogen-bond donors (Lipinski definition) is 0. The van der Waals surface area contributed by atoms with Crippen LogP contribution in [0, 0.1) is 23.7 Å². The summed E-state index contributed by atoms with van der Waals surface area (Å²) in [6.07, 6.45) is 13.3. The molecule has 0 saturated heterocycles. The second kappa shape index (κ2) is 18.7. The smallest absolute Gasteiger partial charge is 0.332 e. The molecule has 0 fully saturated rings. The zero-order valence-corrected chi connectivity index (χ0v) is 33.5. The summed E-state index contributed by atoms with van der Waals surface area (Å²) >= 11 is 0. The molecule has 0 aromatic heterocycles. The summed E-state index contributed by atoms with van der Waals surface area (Å²) in [5.41, 5.74) is 1.14. The molecular weight excluding hydrogens is 625 g/mol. The first-order chi connectivity index (χ1) is 21.9. The van der Waals surface area contributed by atoms with Crippen molar-refractivity contribution in [2.24, 2.45) is 23.7 Å². The average molecular weight is 689 g/mol. The molecule has 7 atom stereocenters. The van der Waals surface area contributed by atoms with Gasteiger partial charge >= 0.3 is 14.5 Å². The zero-order valence-electron chi connectivity index (χ0n) is 31.5. The highest BCUT2D eigenvalue weighted by molar-refractivity contribution is 6.74. The molecule has 0 spiro atoms. The lowest BCUT2D eigenvalue weighted by Crippen LogP contribution is -2.49. The van der Waals surface area contributed by atoms with Gasteiger partial charge in [-0.2, -0.15) is 0 Å². The Morgan fingerprint density at radius 2 is 1.68 bits per heavy atom. The third-order valence-electron chi connectivity index (χ3n) is 9.43. The van der Waals surface area contributed by atoms with E-state index in [-0.39, 0.29) is 41.2 Å². The Kier molecular flexibility index (Phi) is 16.3. The van der Waals surface area contributed by atoms with Gasteiger partial charge in [0.05, 0.1) is 39.1 Å². The first-order valence-electron chi connectivity index (χ1n) is 17.2. The molecule has 1 heterocycles. The van der Waals surface area contributed by atoms with E-state index in [1.54, 1.807) is 13.2 Å². The van der Waals surface area contributed by atoms with Crippen molar-refractivity contribution in [3.05, 3.63) is 66.3 Å². The molecule has 1 aromatic rings. The molecule has 0 radical (unpaired) electrons. The van der Waals surface area contributed by atoms with Gasteiger partial charge in [0.1, 0.15) is 5.75 Å². The van der Waals surface area contributed by atoms with Crippen LogP contribution in [-0.4, -0.2) is 62.0 Å². The number of carbonyl (C=O) groups is 1. The topological polar surface area (TPSA) is 72.5 Å². The maximum atomic E-state index is 11.5. The molecule has 266 valence electrons. The third-order valence-corrected chi connectivity index (χ3v) is 15.6. The van der Waals surface area contributed by atoms with Crippen molar-refractivity contribution >= 4 is 22.8 Å². The maximum Gasteiger partial charge on any atom is 0.332 e. The van der Waals surface area contributed by atoms with Gasteiger partial charge in [-0.15, -0.1) is 0 Å². The normalized spacial score (nSPS) is 23.9. The second-order valence-corrected chi connectivity index (χ2v) is 23.4. The van der Waals surface area contributed by atoms with E-state index in [2.05, 4.69) is 92.9 Å². The molecule has 1 aromatic carbocycles. The van der Waals surface area contributed by atoms with Gasteiger partial charge in [0.25, 0.3) is 0 Å². The summed E-state index contributed by atoms with van der Waals surface area (Å²) in [4.78, 5) is 11.5. The molecule has 0 bridgehead atoms. The van der Waals surface area contributed by atoms with Gasteiger partial charge in [0.2, 0.25) is 0 Å². The second-order valence-electron chi connectivity index (χ2n) is 15.3. The lowest BCUT2D eigenvalue weighted by Gasteiger charge is -2.43. The van der Waals surface area contributed by atoms with Gasteiger partial charge in [-0.25, -0.2) is 4.79 Å². The lowest BCUT2D eigenvalue weighted by atomic mass is 9.86. The van der Waals surface area contributed by atoms with Crippen molar-refractivity contribution in [3.8, 4) is 5.75 Å². The Bertz CT molecular complexity index is 1170. The van der Waals surface area contributed by atoms with E-state index in [4.69, 9.17) is 27.5 Å². The summed E-state index contributed by atoms with van der Waals surface area (Å²) in [5, 5.41) is 0.0734. The van der Waals surface area contributed by atoms with Crippen molar-refractivity contribution in [1.29, 1.82) is 0 Å². The van der Waals surface area contributed by atoms with Crippen LogP contribution in [0.3, 0.4) is 0 Å². The molecule has 0 unspecified atom stereocenters. The summed E-state index contributed by atoms with van der Waals surface area (Å²) in [7, 11) is -1.51. The third kappa shape index (κ3) is 14.2. The van der Waals surface area contributed by atoms with E-state index in [1.165, 1.54) is 13.2 Å². The molecular formula is C38H64O7Si2. The van der Waals surface area contributed by atoms with E-state index in [9.17, 15) is 4.79 Å². The van der Waals surface area contributed by atoms with Crippen molar-refractivity contribution in [2.45, 2.75) is 117 Å². The first-order valence-corrected chi connectivity index (χ1v) is 22.9. The first kappa shape index (κ1) is 41.2. The number of benzene rings is 1. The summed E-state index contributed by atoms with van der Waals surface area (Å²) < 4.78 is 36.8. The zero-order chi connectivity index (χ0) is 35.4. The van der Waals surface area contributed by atoms with Crippen LogP contribution in [0.5, 0.6) is 5.75 Å². The lowest BCUT2D eigenvalue weighted by molar-refractivity contribution is -0.134. The predicted molar refractivity (Wildman–Crippen MR) is 197 cm³/mol. The van der Waals surface area contributed by atoms with Crippen LogP contribution in [0.1, 0.15) is 66.9 Å². The van der Waals surface area contributed by atoms with Gasteiger partial charge in [0.15, 0.2) is 8.32 Å². The highest BCUT2D eigenvalue weighted by Gasteiger charge is 2.42. The van der Waals surface area contributed by atoms with Gasteiger partial charge in [-0.1, -0.05) is 91.0 Å². The highest BCUT2D eigenvalue weighted by atomic mass is 28.4. The quantitative estimate of drug-likeness (QED) is 0.0564. The summed E-state index contributed by atoms with van der Waals surface area (Å²) in [6, 6.07) is 8.03. The maximum absolute atomic E-state index is 11.5. The van der Waals surface area contributed by atoms with E-state index < -0.39 is 16.9 Å². The number of methoxy groups -OCH3 is 2. The summed E-state index contributed by atoms with van der Waals surface area (Å²) in [5.74, 6) is 1.59. The van der Waals surface area contributed by atoms with Crippen LogP contribution in [-0.2, 0) is 34.2 Å². The van der Waals surface area contributed by atoms with E-state index in [1.807, 2.05) is 30.3 Å². The monoisotopic (exact) mass is 688 g/mol. The Labute approximate surface area is 288 Å². The van der Waals surface area contributed by atoms with E-state index in [0.29, 0.717) is 25.0 Å². The number of hydrogen-bond acceptors (Lipinski definition) is 7. The Morgan fingerprint density at radius 3 is 2.28 bits per heavy atom. The molecule has 7 nitrogen and oxygen atoms in total. The molecule has 0 N–H and O–H groups in total. The number of carbonyl (C=O) groups excluding carboxylic acids is 1. The van der Waals surface area contributed by atoms with Crippen LogP contribution >= 0.6 is 0 Å². The number of rotatable bonds is 16. The largest absolute Gasteiger partial charge is 0.497 e. The number of ether oxygens (including phenoxy) is 3. The Morgan fingerprint density at radius 1 is 1.02 bits per heavy atom. The molecule has 0 saturated carbocycles. The van der Waals surface area contributed by atoms with E-state index in [0.717, 1.165) is 24.2 Å². The molecule has 0 aliphatic carbocycles. The minimum Gasteiger partial charge on any atom is -0.497 e. The molecule has 2 rings (SSSR count). The van der Waals surface area contributed by atoms with Crippen LogP contribution in [0.4, 0.5) is 0 Å². The molecule has 47 heavy (non-hydrogen) atoms. The van der Waals surface area contributed by atoms with Crippen molar-refractivity contribution in [2.75, 3.05) is 20.8 Å². The van der Waals surface area contributed by atoms with Gasteiger partial charge in [-0.05, 0) is 79.0 Å². The summed E-state index contributed by atoms with van der Waals surface area (Å²) in [6.45, 7) is 26.0. The van der Waals surface area contributed by atoms with Crippen LogP contribution in [0.2, 0.25) is 31.2 Å². The Balaban J connectivity index is 2.11. The molecule has 9 heteroatoms. The van der Waals surface area contributed by atoms with E-state index >= 15 is 0 Å². The Hall–Kier alpha value is -2.02. The fraction of sp³-hybridized carbons (Fsp3) is 0.658. The highest BCUT2D eigenvalue weighted by Crippen LogP contribution is 2.39. The van der Waals surface area contributed by atoms with Gasteiger partial charge in [-0.3, -0.25) is 0 Å². The van der Waals surface area contributed by atoms with Gasteiger partial charge in [0, 0.05) is 19.1 Å². The fourth-order valence-electron chi connectivity index (χ4n) is 5.69. The minimum absolute atomic E-state index is 0.0543. The molecule has 1 aliphatic rings. The van der Waals surface area contributed by atoms with Gasteiger partial charge < -0.3 is 27.5 Å². The van der Waals surface area contributed by atoms with Crippen molar-refractivity contribution in [3.63, 3.8) is 0 Å². The standard InChI is InChI=1S/C38H64O7Si2/c1-28(26-42-27-32-19-22-33(40-8)23-20-32)24-31(4)37-30(3)18-21-34(43-47(12,13)45-37)25-35(44-46(10,11)38(5,6)7)29(2)16-14-15-17-36(39)41-9/h14-23,28-31,34-35,37H,24-27H2,1-13H3/b16-14+,17-15-,21-18-/t28-,29+,30+,31+,34-,35+,37+/m1/s1. The minimum atomic E-state index is -2.49. The SMILES string of the molecule is COC(=O)/C=C\C=C\[C@H](C)[C@H](C[C@H]1/C=C\[C@H](C)[C@@H]([C@@H](C)C[C@@H](C)COCc2ccc(OC)cc2)O[Si](C)(C)O1)O[Si](C)(C)C(C)(C)C. The van der Waals surface area contributed by atoms with Crippen LogP contribution in [0.25, 0.3) is 0 Å². The van der Waals surface area contributed by atoms with Crippen molar-refractivity contribution < 1.29 is 32.3 Å². The molecule has 1 aliphatic heterocycles. The average Bonchev–Trinajstić information content (AvgIpc) is 2.98. The van der Waals surface area contributed by atoms with Crippen molar-refractivity contribution in [1.82, 2.24) is 0 Å². The number of allylic oxidation sites excluding steroid dienone is 2. The van der Waals surface area contributed by atoms with Crippen LogP contribution < -0.4 is 4.74 Å². The fourth-order valence-corrected chi connectivity index (χ4v) is 9.18. The molecule has 0 amide bonds. The predicted octanol–water partition coefficient (Wildman–Crippen LogP) is 9.25.